The van der Waals surface area contributed by atoms with Crippen molar-refractivity contribution in [1.29, 1.82) is 0 Å². The molecule has 0 unspecified atom stereocenters. The number of halogens is 2. The van der Waals surface area contributed by atoms with Crippen LogP contribution in [0.1, 0.15) is 30.9 Å². The van der Waals surface area contributed by atoms with Gasteiger partial charge in [0.25, 0.3) is 0 Å². The molecule has 1 aliphatic rings. The molecule has 1 fully saturated rings. The minimum Gasteiger partial charge on any atom is -0.477 e. The van der Waals surface area contributed by atoms with Gasteiger partial charge in [-0.05, 0) is 43.4 Å². The summed E-state index contributed by atoms with van der Waals surface area (Å²) in [7, 11) is 0. The Bertz CT molecular complexity index is 752. The van der Waals surface area contributed by atoms with Crippen LogP contribution in [0.15, 0.2) is 47.6 Å². The van der Waals surface area contributed by atoms with Crippen molar-refractivity contribution in [2.75, 3.05) is 13.2 Å². The van der Waals surface area contributed by atoms with Crippen molar-refractivity contribution < 1.29 is 9.13 Å². The Kier molecular flexibility index (Phi) is 8.77. The molecule has 5 nitrogen and oxygen atoms in total. The highest BCUT2D eigenvalue weighted by molar-refractivity contribution is 14.0. The lowest BCUT2D eigenvalue weighted by molar-refractivity contribution is 0.288. The zero-order valence-corrected chi connectivity index (χ0v) is 17.8. The topological polar surface area (TPSA) is 58.5 Å². The Morgan fingerprint density at radius 3 is 2.81 bits per heavy atom. The third-order valence-electron chi connectivity index (χ3n) is 4.13. The highest BCUT2D eigenvalue weighted by atomic mass is 127. The molecule has 0 radical (unpaired) electrons. The van der Waals surface area contributed by atoms with E-state index in [1.54, 1.807) is 18.3 Å². The fourth-order valence-corrected chi connectivity index (χ4v) is 2.45. The first-order valence-corrected chi connectivity index (χ1v) is 9.08. The molecule has 1 aliphatic carbocycles. The largest absolute Gasteiger partial charge is 0.477 e. The van der Waals surface area contributed by atoms with Crippen LogP contribution in [0.5, 0.6) is 5.88 Å². The van der Waals surface area contributed by atoms with E-state index in [-0.39, 0.29) is 29.8 Å². The molecule has 146 valence electrons. The number of hydrogen-bond donors (Lipinski definition) is 2. The zero-order valence-electron chi connectivity index (χ0n) is 15.5. The SMILES string of the molecule is CCNC(=NCc1ccnc(OCC2CC2)c1)NCc1ccccc1F.I. The van der Waals surface area contributed by atoms with Crippen molar-refractivity contribution in [1.82, 2.24) is 15.6 Å². The number of nitrogens with zero attached hydrogens (tertiary/aromatic N) is 2. The number of nitrogens with one attached hydrogen (secondary N) is 2. The van der Waals surface area contributed by atoms with E-state index in [0.29, 0.717) is 36.4 Å². The van der Waals surface area contributed by atoms with Crippen LogP contribution in [-0.2, 0) is 13.1 Å². The molecule has 0 atom stereocenters. The smallest absolute Gasteiger partial charge is 0.213 e. The molecule has 7 heteroatoms. The van der Waals surface area contributed by atoms with E-state index >= 15 is 0 Å². The van der Waals surface area contributed by atoms with E-state index < -0.39 is 0 Å². The number of hydrogen-bond acceptors (Lipinski definition) is 3. The molecule has 0 bridgehead atoms. The van der Waals surface area contributed by atoms with Gasteiger partial charge in [0.05, 0.1) is 13.2 Å². The van der Waals surface area contributed by atoms with Crippen molar-refractivity contribution in [2.24, 2.45) is 10.9 Å². The Morgan fingerprint density at radius 1 is 1.26 bits per heavy atom. The van der Waals surface area contributed by atoms with Crippen molar-refractivity contribution in [3.63, 3.8) is 0 Å². The number of aliphatic imine (C=N–C) groups is 1. The lowest BCUT2D eigenvalue weighted by Crippen LogP contribution is -2.37. The van der Waals surface area contributed by atoms with E-state index in [2.05, 4.69) is 20.6 Å². The standard InChI is InChI=1S/C20H25FN4O.HI/c1-2-22-20(25-13-17-5-3-4-6-18(17)21)24-12-16-9-10-23-19(11-16)26-14-15-7-8-15;/h3-6,9-11,15H,2,7-8,12-14H2,1H3,(H2,22,24,25);1H. The number of benzene rings is 1. The van der Waals surface area contributed by atoms with Gasteiger partial charge in [0.2, 0.25) is 5.88 Å². The molecular weight excluding hydrogens is 458 g/mol. The van der Waals surface area contributed by atoms with Gasteiger partial charge in [0.1, 0.15) is 5.82 Å². The molecule has 27 heavy (non-hydrogen) atoms. The molecule has 1 heterocycles. The predicted octanol–water partition coefficient (Wildman–Crippen LogP) is 3.88. The molecule has 1 aromatic carbocycles. The average Bonchev–Trinajstić information content (AvgIpc) is 3.48. The minimum atomic E-state index is -0.220. The summed E-state index contributed by atoms with van der Waals surface area (Å²) in [6, 6.07) is 10.6. The molecule has 2 N–H and O–H groups in total. The van der Waals surface area contributed by atoms with E-state index in [1.807, 2.05) is 25.1 Å². The van der Waals surface area contributed by atoms with E-state index in [1.165, 1.54) is 18.9 Å². The highest BCUT2D eigenvalue weighted by Crippen LogP contribution is 2.29. The van der Waals surface area contributed by atoms with Crippen molar-refractivity contribution >= 4 is 29.9 Å². The molecule has 1 saturated carbocycles. The Morgan fingerprint density at radius 2 is 2.07 bits per heavy atom. The summed E-state index contributed by atoms with van der Waals surface area (Å²) in [6.07, 6.45) is 4.25. The summed E-state index contributed by atoms with van der Waals surface area (Å²) >= 11 is 0. The monoisotopic (exact) mass is 484 g/mol. The summed E-state index contributed by atoms with van der Waals surface area (Å²) in [5.41, 5.74) is 1.63. The van der Waals surface area contributed by atoms with E-state index in [0.717, 1.165) is 18.7 Å². The van der Waals surface area contributed by atoms with Crippen molar-refractivity contribution in [3.8, 4) is 5.88 Å². The predicted molar refractivity (Wildman–Crippen MR) is 116 cm³/mol. The van der Waals surface area contributed by atoms with Crippen LogP contribution in [0.3, 0.4) is 0 Å². The number of ether oxygens (including phenoxy) is 1. The van der Waals surface area contributed by atoms with Gasteiger partial charge in [-0.3, -0.25) is 0 Å². The second-order valence-corrected chi connectivity index (χ2v) is 6.40. The maximum atomic E-state index is 13.7. The number of guanidine groups is 1. The van der Waals surface area contributed by atoms with Crippen LogP contribution >= 0.6 is 24.0 Å². The van der Waals surface area contributed by atoms with Gasteiger partial charge in [0.15, 0.2) is 5.96 Å². The van der Waals surface area contributed by atoms with Crippen LogP contribution in [-0.4, -0.2) is 24.1 Å². The fourth-order valence-electron chi connectivity index (χ4n) is 2.45. The number of pyridine rings is 1. The maximum absolute atomic E-state index is 13.7. The Labute approximate surface area is 176 Å². The zero-order chi connectivity index (χ0) is 18.2. The fraction of sp³-hybridized carbons (Fsp3) is 0.400. The van der Waals surface area contributed by atoms with Gasteiger partial charge in [0, 0.05) is 30.9 Å². The first kappa shape index (κ1) is 21.4. The molecule has 3 rings (SSSR count). The summed E-state index contributed by atoms with van der Waals surface area (Å²) < 4.78 is 19.4. The summed E-state index contributed by atoms with van der Waals surface area (Å²) in [6.45, 7) is 4.35. The third kappa shape index (κ3) is 7.32. The third-order valence-corrected chi connectivity index (χ3v) is 4.13. The molecule has 2 aromatic rings. The normalized spacial score (nSPS) is 13.6. The van der Waals surface area contributed by atoms with Crippen LogP contribution in [0, 0.1) is 11.7 Å². The van der Waals surface area contributed by atoms with E-state index in [4.69, 9.17) is 4.74 Å². The van der Waals surface area contributed by atoms with Crippen LogP contribution < -0.4 is 15.4 Å². The summed E-state index contributed by atoms with van der Waals surface area (Å²) in [4.78, 5) is 8.81. The second kappa shape index (κ2) is 11.1. The Balaban J connectivity index is 0.00000261. The van der Waals surface area contributed by atoms with E-state index in [9.17, 15) is 4.39 Å². The molecular formula is C20H26FIN4O. The van der Waals surface area contributed by atoms with Gasteiger partial charge in [-0.1, -0.05) is 18.2 Å². The van der Waals surface area contributed by atoms with Crippen LogP contribution in [0.25, 0.3) is 0 Å². The molecule has 0 amide bonds. The first-order chi connectivity index (χ1) is 12.7. The van der Waals surface area contributed by atoms with Gasteiger partial charge < -0.3 is 15.4 Å². The van der Waals surface area contributed by atoms with Crippen LogP contribution in [0.2, 0.25) is 0 Å². The summed E-state index contributed by atoms with van der Waals surface area (Å²) in [5, 5.41) is 6.34. The average molecular weight is 484 g/mol. The highest BCUT2D eigenvalue weighted by Gasteiger charge is 2.22. The van der Waals surface area contributed by atoms with Gasteiger partial charge >= 0.3 is 0 Å². The minimum absolute atomic E-state index is 0. The van der Waals surface area contributed by atoms with Gasteiger partial charge in [-0.2, -0.15) is 0 Å². The second-order valence-electron chi connectivity index (χ2n) is 6.40. The molecule has 0 saturated heterocycles. The Hall–Kier alpha value is -1.90. The number of rotatable bonds is 8. The van der Waals surface area contributed by atoms with Gasteiger partial charge in [-0.25, -0.2) is 14.4 Å². The lowest BCUT2D eigenvalue weighted by Gasteiger charge is -2.12. The molecule has 0 spiro atoms. The number of aromatic nitrogens is 1. The van der Waals surface area contributed by atoms with Gasteiger partial charge in [-0.15, -0.1) is 24.0 Å². The van der Waals surface area contributed by atoms with Crippen molar-refractivity contribution in [3.05, 3.63) is 59.5 Å². The summed E-state index contributed by atoms with van der Waals surface area (Å²) in [5.74, 6) is 1.77. The maximum Gasteiger partial charge on any atom is 0.213 e. The molecule has 1 aromatic heterocycles. The molecule has 0 aliphatic heterocycles. The van der Waals surface area contributed by atoms with Crippen molar-refractivity contribution in [2.45, 2.75) is 32.9 Å². The first-order valence-electron chi connectivity index (χ1n) is 9.08. The lowest BCUT2D eigenvalue weighted by atomic mass is 10.2. The van der Waals surface area contributed by atoms with Crippen LogP contribution in [0.4, 0.5) is 4.39 Å². The quantitative estimate of drug-likeness (QED) is 0.339.